The highest BCUT2D eigenvalue weighted by molar-refractivity contribution is 7.98. The van der Waals surface area contributed by atoms with Gasteiger partial charge < -0.3 is 20.9 Å². The molecule has 0 saturated heterocycles. The molecule has 0 bridgehead atoms. The minimum atomic E-state index is -1.05. The van der Waals surface area contributed by atoms with E-state index < -0.39 is 30.6 Å². The van der Waals surface area contributed by atoms with Crippen LogP contribution in [0.5, 0.6) is 0 Å². The Morgan fingerprint density at radius 2 is 2.20 bits per heavy atom. The molecule has 0 saturated carbocycles. The fourth-order valence-corrected chi connectivity index (χ4v) is 1.37. The molecule has 0 spiro atoms. The maximum Gasteiger partial charge on any atom is 0.330 e. The van der Waals surface area contributed by atoms with Gasteiger partial charge in [-0.1, -0.05) is 0 Å². The monoisotopic (exact) mass is 236 g/mol. The summed E-state index contributed by atoms with van der Waals surface area (Å²) in [5.41, 5.74) is 5.51. The van der Waals surface area contributed by atoms with Crippen LogP contribution < -0.4 is 11.1 Å². The second-order valence-corrected chi connectivity index (χ2v) is 3.74. The van der Waals surface area contributed by atoms with Gasteiger partial charge in [-0.2, -0.15) is 11.8 Å². The Morgan fingerprint density at radius 3 is 2.60 bits per heavy atom. The molecule has 0 radical (unpaired) electrons. The first-order valence-electron chi connectivity index (χ1n) is 4.30. The molecule has 2 atom stereocenters. The van der Waals surface area contributed by atoms with E-state index >= 15 is 0 Å². The second-order valence-electron chi connectivity index (χ2n) is 2.83. The number of hydrogen-bond donors (Lipinski definition) is 3. The molecule has 7 heteroatoms. The summed E-state index contributed by atoms with van der Waals surface area (Å²) in [7, 11) is 1.18. The standard InChI is InChI=1S/C8H16N2O4S/c1-14-8(13)6(3-11)10-7(12)5(9)4-15-2/h5-6,11H,3-4,9H2,1-2H3,(H,10,12). The van der Waals surface area contributed by atoms with E-state index in [9.17, 15) is 9.59 Å². The second kappa shape index (κ2) is 7.49. The molecule has 4 N–H and O–H groups in total. The lowest BCUT2D eigenvalue weighted by Crippen LogP contribution is -2.51. The molecule has 0 heterocycles. The summed E-state index contributed by atoms with van der Waals surface area (Å²) in [5.74, 6) is -0.721. The van der Waals surface area contributed by atoms with Gasteiger partial charge in [-0.15, -0.1) is 0 Å². The summed E-state index contributed by atoms with van der Waals surface area (Å²) in [6, 6.07) is -1.74. The van der Waals surface area contributed by atoms with Crippen molar-refractivity contribution in [3.8, 4) is 0 Å². The van der Waals surface area contributed by atoms with E-state index in [-0.39, 0.29) is 0 Å². The molecule has 15 heavy (non-hydrogen) atoms. The van der Waals surface area contributed by atoms with E-state index in [0.29, 0.717) is 5.75 Å². The van der Waals surface area contributed by atoms with Gasteiger partial charge in [0.2, 0.25) is 5.91 Å². The molecule has 0 aromatic carbocycles. The largest absolute Gasteiger partial charge is 0.467 e. The van der Waals surface area contributed by atoms with Gasteiger partial charge in [-0.05, 0) is 6.26 Å². The highest BCUT2D eigenvalue weighted by Crippen LogP contribution is 1.96. The number of ether oxygens (including phenoxy) is 1. The van der Waals surface area contributed by atoms with Crippen LogP contribution in [0, 0.1) is 0 Å². The van der Waals surface area contributed by atoms with Crippen molar-refractivity contribution in [3.05, 3.63) is 0 Å². The van der Waals surface area contributed by atoms with Crippen molar-refractivity contribution in [2.24, 2.45) is 5.73 Å². The van der Waals surface area contributed by atoms with Gasteiger partial charge in [0.05, 0.1) is 19.8 Å². The quantitative estimate of drug-likeness (QED) is 0.476. The Bertz CT molecular complexity index is 225. The normalized spacial score (nSPS) is 14.1. The minimum Gasteiger partial charge on any atom is -0.467 e. The average molecular weight is 236 g/mol. The van der Waals surface area contributed by atoms with Crippen LogP contribution >= 0.6 is 11.8 Å². The van der Waals surface area contributed by atoms with Crippen molar-refractivity contribution in [3.63, 3.8) is 0 Å². The van der Waals surface area contributed by atoms with E-state index in [0.717, 1.165) is 0 Å². The van der Waals surface area contributed by atoms with Gasteiger partial charge in [0.25, 0.3) is 0 Å². The van der Waals surface area contributed by atoms with Crippen LogP contribution in [-0.2, 0) is 14.3 Å². The number of rotatable bonds is 6. The molecule has 6 nitrogen and oxygen atoms in total. The van der Waals surface area contributed by atoms with Gasteiger partial charge in [0, 0.05) is 5.75 Å². The first-order chi connectivity index (χ1) is 7.06. The van der Waals surface area contributed by atoms with E-state index in [1.807, 2.05) is 6.26 Å². The third-order valence-corrected chi connectivity index (χ3v) is 2.36. The summed E-state index contributed by atoms with van der Waals surface area (Å²) in [6.45, 7) is -0.510. The molecule has 0 aromatic heterocycles. The molecular formula is C8H16N2O4S. The molecule has 0 aromatic rings. The fraction of sp³-hybridized carbons (Fsp3) is 0.750. The van der Waals surface area contributed by atoms with Crippen molar-refractivity contribution in [2.45, 2.75) is 12.1 Å². The Balaban J connectivity index is 4.17. The SMILES string of the molecule is COC(=O)C(CO)NC(=O)C(N)CSC. The Labute approximate surface area is 92.5 Å². The minimum absolute atomic E-state index is 0.450. The van der Waals surface area contributed by atoms with Crippen LogP contribution in [0.25, 0.3) is 0 Å². The maximum absolute atomic E-state index is 11.4. The predicted octanol–water partition coefficient (Wildman–Crippen LogP) is -1.67. The van der Waals surface area contributed by atoms with Gasteiger partial charge in [-0.3, -0.25) is 4.79 Å². The van der Waals surface area contributed by atoms with Crippen molar-refractivity contribution in [1.82, 2.24) is 5.32 Å². The van der Waals surface area contributed by atoms with E-state index in [2.05, 4.69) is 10.1 Å². The zero-order chi connectivity index (χ0) is 11.8. The van der Waals surface area contributed by atoms with Gasteiger partial charge in [-0.25, -0.2) is 4.79 Å². The lowest BCUT2D eigenvalue weighted by Gasteiger charge is -2.16. The number of methoxy groups -OCH3 is 1. The molecule has 0 aliphatic heterocycles. The van der Waals surface area contributed by atoms with Crippen molar-refractivity contribution < 1.29 is 19.4 Å². The van der Waals surface area contributed by atoms with Crippen molar-refractivity contribution in [1.29, 1.82) is 0 Å². The number of aliphatic hydroxyl groups excluding tert-OH is 1. The van der Waals surface area contributed by atoms with Crippen LogP contribution in [0.3, 0.4) is 0 Å². The first kappa shape index (κ1) is 14.2. The molecule has 1 amide bonds. The molecular weight excluding hydrogens is 220 g/mol. The van der Waals surface area contributed by atoms with Crippen LogP contribution in [0.1, 0.15) is 0 Å². The van der Waals surface area contributed by atoms with E-state index in [4.69, 9.17) is 10.8 Å². The third-order valence-electron chi connectivity index (χ3n) is 1.67. The average Bonchev–Trinajstić information content (AvgIpc) is 2.24. The Hall–Kier alpha value is -0.790. The van der Waals surface area contributed by atoms with Gasteiger partial charge in [0.15, 0.2) is 6.04 Å². The summed E-state index contributed by atoms with van der Waals surface area (Å²) in [4.78, 5) is 22.4. The van der Waals surface area contributed by atoms with Crippen LogP contribution in [0.2, 0.25) is 0 Å². The lowest BCUT2D eigenvalue weighted by molar-refractivity contribution is -0.146. The maximum atomic E-state index is 11.4. The van der Waals surface area contributed by atoms with E-state index in [1.165, 1.54) is 18.9 Å². The summed E-state index contributed by atoms with van der Waals surface area (Å²) < 4.78 is 4.38. The number of carbonyl (C=O) groups is 2. The van der Waals surface area contributed by atoms with Gasteiger partial charge >= 0.3 is 5.97 Å². The van der Waals surface area contributed by atoms with Crippen LogP contribution in [0.15, 0.2) is 0 Å². The van der Waals surface area contributed by atoms with E-state index in [1.54, 1.807) is 0 Å². The van der Waals surface area contributed by atoms with Crippen LogP contribution in [0.4, 0.5) is 0 Å². The number of esters is 1. The Morgan fingerprint density at radius 1 is 1.60 bits per heavy atom. The lowest BCUT2D eigenvalue weighted by atomic mass is 10.2. The zero-order valence-electron chi connectivity index (χ0n) is 8.73. The molecule has 0 fully saturated rings. The number of amides is 1. The number of thioether (sulfide) groups is 1. The summed E-state index contributed by atoms with van der Waals surface area (Å²) in [5, 5.41) is 11.1. The molecule has 0 aliphatic carbocycles. The topological polar surface area (TPSA) is 102 Å². The fourth-order valence-electron chi connectivity index (χ4n) is 0.855. The van der Waals surface area contributed by atoms with Gasteiger partial charge in [0.1, 0.15) is 0 Å². The summed E-state index contributed by atoms with van der Waals surface area (Å²) in [6.07, 6.45) is 1.82. The van der Waals surface area contributed by atoms with Crippen molar-refractivity contribution in [2.75, 3.05) is 25.7 Å². The predicted molar refractivity (Wildman–Crippen MR) is 57.4 cm³/mol. The number of carbonyl (C=O) groups excluding carboxylic acids is 2. The first-order valence-corrected chi connectivity index (χ1v) is 5.69. The Kier molecular flexibility index (Phi) is 7.10. The zero-order valence-corrected chi connectivity index (χ0v) is 9.54. The highest BCUT2D eigenvalue weighted by atomic mass is 32.2. The van der Waals surface area contributed by atoms with Crippen LogP contribution in [-0.4, -0.2) is 54.8 Å². The molecule has 88 valence electrons. The number of aliphatic hydroxyl groups is 1. The molecule has 2 unspecified atom stereocenters. The number of nitrogens with two attached hydrogens (primary N) is 1. The number of hydrogen-bond acceptors (Lipinski definition) is 6. The third kappa shape index (κ3) is 5.01. The molecule has 0 aliphatic rings. The molecule has 0 rings (SSSR count). The number of nitrogens with one attached hydrogen (secondary N) is 1. The summed E-state index contributed by atoms with van der Waals surface area (Å²) >= 11 is 1.42. The highest BCUT2D eigenvalue weighted by Gasteiger charge is 2.23. The smallest absolute Gasteiger partial charge is 0.330 e. The van der Waals surface area contributed by atoms with Crippen molar-refractivity contribution >= 4 is 23.6 Å².